The molecule has 0 N–H and O–H groups in total. The molecule has 2 heterocycles. The highest BCUT2D eigenvalue weighted by molar-refractivity contribution is 7.92. The third kappa shape index (κ3) is 4.80. The molecule has 7 nitrogen and oxygen atoms in total. The van der Waals surface area contributed by atoms with Crippen LogP contribution in [0.1, 0.15) is 36.8 Å². The minimum absolute atomic E-state index is 0.191. The van der Waals surface area contributed by atoms with Crippen molar-refractivity contribution in [2.75, 3.05) is 11.5 Å². The molecule has 0 saturated carbocycles. The van der Waals surface area contributed by atoms with Gasteiger partial charge in [0.1, 0.15) is 11.3 Å². The molecule has 34 heavy (non-hydrogen) atoms. The summed E-state index contributed by atoms with van der Waals surface area (Å²) < 4.78 is 31.6. The van der Waals surface area contributed by atoms with E-state index in [1.807, 2.05) is 43.3 Å². The number of sulfone groups is 1. The predicted molar refractivity (Wildman–Crippen MR) is 134 cm³/mol. The summed E-state index contributed by atoms with van der Waals surface area (Å²) in [6, 6.07) is 17.3. The molecule has 2 aromatic heterocycles. The fourth-order valence-corrected chi connectivity index (χ4v) is 5.43. The summed E-state index contributed by atoms with van der Waals surface area (Å²) in [6.45, 7) is 5.90. The summed E-state index contributed by atoms with van der Waals surface area (Å²) in [5.74, 6) is 0.368. The molecule has 9 heteroatoms. The molecule has 0 radical (unpaired) electrons. The van der Waals surface area contributed by atoms with Crippen molar-refractivity contribution in [2.45, 2.75) is 37.5 Å². The quantitative estimate of drug-likeness (QED) is 0.337. The molecule has 0 aliphatic carbocycles. The number of benzene rings is 2. The SMILES string of the molecule is CCOc1cccc2sc(N(Cc3ccccn3)C(=O)c3ccc(S(=O)(=O)C(C)C)cc3)nc12. The number of thiazole rings is 1. The second kappa shape index (κ2) is 9.90. The van der Waals surface area contributed by atoms with Crippen LogP contribution in [-0.2, 0) is 16.4 Å². The Hall–Kier alpha value is -3.30. The summed E-state index contributed by atoms with van der Waals surface area (Å²) in [7, 11) is -3.43. The number of hydrogen-bond acceptors (Lipinski definition) is 7. The topological polar surface area (TPSA) is 89.5 Å². The molecule has 0 saturated heterocycles. The first-order valence-corrected chi connectivity index (χ1v) is 13.3. The molecule has 0 spiro atoms. The van der Waals surface area contributed by atoms with E-state index >= 15 is 0 Å². The minimum atomic E-state index is -3.43. The number of pyridine rings is 1. The smallest absolute Gasteiger partial charge is 0.260 e. The van der Waals surface area contributed by atoms with Crippen LogP contribution in [0.4, 0.5) is 5.13 Å². The zero-order valence-electron chi connectivity index (χ0n) is 19.1. The van der Waals surface area contributed by atoms with Gasteiger partial charge in [-0.1, -0.05) is 23.5 Å². The van der Waals surface area contributed by atoms with Crippen molar-refractivity contribution in [2.24, 2.45) is 0 Å². The fraction of sp³-hybridized carbons (Fsp3) is 0.240. The van der Waals surface area contributed by atoms with Gasteiger partial charge in [0.25, 0.3) is 5.91 Å². The number of hydrogen-bond donors (Lipinski definition) is 0. The number of ether oxygens (including phenoxy) is 1. The number of amides is 1. The van der Waals surface area contributed by atoms with Crippen LogP contribution in [0.15, 0.2) is 71.8 Å². The molecule has 0 atom stereocenters. The van der Waals surface area contributed by atoms with Gasteiger partial charge in [0.15, 0.2) is 15.0 Å². The van der Waals surface area contributed by atoms with Crippen molar-refractivity contribution in [1.82, 2.24) is 9.97 Å². The molecule has 0 fully saturated rings. The van der Waals surface area contributed by atoms with Gasteiger partial charge in [0.2, 0.25) is 0 Å². The van der Waals surface area contributed by atoms with Crippen LogP contribution >= 0.6 is 11.3 Å². The number of anilines is 1. The predicted octanol–water partition coefficient (Wildman–Crippen LogP) is 5.12. The summed E-state index contributed by atoms with van der Waals surface area (Å²) in [5.41, 5.74) is 1.77. The lowest BCUT2D eigenvalue weighted by molar-refractivity contribution is 0.0984. The number of rotatable bonds is 8. The van der Waals surface area contributed by atoms with Crippen LogP contribution in [0.2, 0.25) is 0 Å². The van der Waals surface area contributed by atoms with Crippen molar-refractivity contribution in [3.63, 3.8) is 0 Å². The third-order valence-corrected chi connectivity index (χ3v) is 8.46. The Balaban J connectivity index is 1.74. The van der Waals surface area contributed by atoms with E-state index in [4.69, 9.17) is 9.72 Å². The number of fused-ring (bicyclic) bond motifs is 1. The number of carbonyl (C=O) groups excluding carboxylic acids is 1. The van der Waals surface area contributed by atoms with Gasteiger partial charge in [-0.15, -0.1) is 0 Å². The summed E-state index contributed by atoms with van der Waals surface area (Å²) >= 11 is 1.39. The molecule has 0 unspecified atom stereocenters. The van der Waals surface area contributed by atoms with Crippen molar-refractivity contribution in [3.05, 3.63) is 78.1 Å². The van der Waals surface area contributed by atoms with Crippen molar-refractivity contribution in [3.8, 4) is 5.75 Å². The third-order valence-electron chi connectivity index (χ3n) is 5.24. The van der Waals surface area contributed by atoms with Crippen LogP contribution in [0, 0.1) is 0 Å². The zero-order valence-corrected chi connectivity index (χ0v) is 20.8. The molecule has 0 aliphatic rings. The van der Waals surface area contributed by atoms with Gasteiger partial charge in [0.05, 0.1) is 33.7 Å². The zero-order chi connectivity index (χ0) is 24.3. The fourth-order valence-electron chi connectivity index (χ4n) is 3.39. The number of nitrogens with zero attached hydrogens (tertiary/aromatic N) is 3. The van der Waals surface area contributed by atoms with Crippen LogP contribution in [-0.4, -0.2) is 36.1 Å². The first-order valence-electron chi connectivity index (χ1n) is 10.9. The van der Waals surface area contributed by atoms with Gasteiger partial charge in [0, 0.05) is 11.8 Å². The lowest BCUT2D eigenvalue weighted by Crippen LogP contribution is -2.30. The molecule has 1 amide bonds. The van der Waals surface area contributed by atoms with Crippen molar-refractivity contribution < 1.29 is 17.9 Å². The molecule has 0 bridgehead atoms. The van der Waals surface area contributed by atoms with Gasteiger partial charge in [-0.2, -0.15) is 0 Å². The van der Waals surface area contributed by atoms with Gasteiger partial charge >= 0.3 is 0 Å². The number of carbonyl (C=O) groups is 1. The lowest BCUT2D eigenvalue weighted by atomic mass is 10.2. The van der Waals surface area contributed by atoms with Gasteiger partial charge in [-0.3, -0.25) is 14.7 Å². The van der Waals surface area contributed by atoms with Gasteiger partial charge < -0.3 is 4.74 Å². The molecule has 0 aliphatic heterocycles. The molecule has 4 rings (SSSR count). The highest BCUT2D eigenvalue weighted by Crippen LogP contribution is 2.35. The molecular formula is C25H25N3O4S2. The average Bonchev–Trinajstić information content (AvgIpc) is 3.28. The normalized spacial score (nSPS) is 11.6. The van der Waals surface area contributed by atoms with E-state index in [9.17, 15) is 13.2 Å². The highest BCUT2D eigenvalue weighted by Gasteiger charge is 2.25. The Morgan fingerprint density at radius 2 is 1.82 bits per heavy atom. The molecular weight excluding hydrogens is 470 g/mol. The second-order valence-electron chi connectivity index (χ2n) is 7.86. The van der Waals surface area contributed by atoms with E-state index in [0.29, 0.717) is 34.3 Å². The van der Waals surface area contributed by atoms with E-state index in [1.54, 1.807) is 37.1 Å². The molecule has 176 valence electrons. The standard InChI is InChI=1S/C25H25N3O4S2/c1-4-32-21-9-7-10-22-23(21)27-25(33-22)28(16-19-8-5-6-15-26-19)24(29)18-11-13-20(14-12-18)34(30,31)17(2)3/h5-15,17H,4,16H2,1-3H3. The summed E-state index contributed by atoms with van der Waals surface area (Å²) in [5, 5.41) is -0.0336. The number of para-hydroxylation sites is 1. The van der Waals surface area contributed by atoms with Crippen LogP contribution in [0.25, 0.3) is 10.2 Å². The summed E-state index contributed by atoms with van der Waals surface area (Å²) in [6.07, 6.45) is 1.68. The highest BCUT2D eigenvalue weighted by atomic mass is 32.2. The Labute approximate surface area is 203 Å². The van der Waals surface area contributed by atoms with Gasteiger partial charge in [-0.25, -0.2) is 13.4 Å². The van der Waals surface area contributed by atoms with E-state index in [0.717, 1.165) is 4.70 Å². The lowest BCUT2D eigenvalue weighted by Gasteiger charge is -2.20. The Bertz CT molecular complexity index is 1400. The van der Waals surface area contributed by atoms with E-state index in [-0.39, 0.29) is 17.3 Å². The van der Waals surface area contributed by atoms with Crippen molar-refractivity contribution >= 4 is 42.4 Å². The number of aromatic nitrogens is 2. The maximum absolute atomic E-state index is 13.6. The molecule has 4 aromatic rings. The first-order chi connectivity index (χ1) is 16.3. The first kappa shape index (κ1) is 23.8. The Kier molecular flexibility index (Phi) is 6.95. The van der Waals surface area contributed by atoms with E-state index < -0.39 is 15.1 Å². The van der Waals surface area contributed by atoms with E-state index in [1.165, 1.54) is 23.5 Å². The van der Waals surface area contributed by atoms with Crippen LogP contribution in [0.5, 0.6) is 5.75 Å². The Morgan fingerprint density at radius 3 is 2.47 bits per heavy atom. The van der Waals surface area contributed by atoms with Crippen LogP contribution < -0.4 is 9.64 Å². The van der Waals surface area contributed by atoms with Gasteiger partial charge in [-0.05, 0) is 69.3 Å². The average molecular weight is 496 g/mol. The van der Waals surface area contributed by atoms with Crippen LogP contribution in [0.3, 0.4) is 0 Å². The largest absolute Gasteiger partial charge is 0.492 e. The maximum atomic E-state index is 13.6. The monoisotopic (exact) mass is 495 g/mol. The maximum Gasteiger partial charge on any atom is 0.260 e. The minimum Gasteiger partial charge on any atom is -0.492 e. The van der Waals surface area contributed by atoms with E-state index in [2.05, 4.69) is 4.98 Å². The van der Waals surface area contributed by atoms with Crippen molar-refractivity contribution in [1.29, 1.82) is 0 Å². The second-order valence-corrected chi connectivity index (χ2v) is 11.4. The Morgan fingerprint density at radius 1 is 1.06 bits per heavy atom. The summed E-state index contributed by atoms with van der Waals surface area (Å²) in [4.78, 5) is 24.5. The molecule has 2 aromatic carbocycles.